The molecule has 0 atom stereocenters. The van der Waals surface area contributed by atoms with Crippen LogP contribution in [0.15, 0.2) is 70.3 Å². The predicted octanol–water partition coefficient (Wildman–Crippen LogP) is 1.30. The first-order chi connectivity index (χ1) is 21.0. The van der Waals surface area contributed by atoms with Crippen molar-refractivity contribution >= 4 is 17.8 Å². The van der Waals surface area contributed by atoms with Crippen LogP contribution >= 0.6 is 0 Å². The Hall–Kier alpha value is -6.81. The number of carbonyl (C=O) groups is 2. The summed E-state index contributed by atoms with van der Waals surface area (Å²) >= 11 is 0. The van der Waals surface area contributed by atoms with Crippen LogP contribution < -0.4 is 16.4 Å². The minimum atomic E-state index is -1.30. The van der Waals surface area contributed by atoms with Gasteiger partial charge in [-0.05, 0) is 72.8 Å². The first-order valence-corrected chi connectivity index (χ1v) is 12.5. The van der Waals surface area contributed by atoms with Gasteiger partial charge in [-0.3, -0.25) is 19.7 Å². The van der Waals surface area contributed by atoms with Crippen molar-refractivity contribution in [1.29, 1.82) is 10.5 Å². The zero-order valence-electron chi connectivity index (χ0n) is 23.3. The predicted molar refractivity (Wildman–Crippen MR) is 152 cm³/mol. The molecular weight excluding hydrogens is 570 g/mol. The number of benzene rings is 2. The Bertz CT molecular complexity index is 2120. The van der Waals surface area contributed by atoms with Crippen LogP contribution in [0.3, 0.4) is 0 Å². The summed E-state index contributed by atoms with van der Waals surface area (Å²) in [6, 6.07) is 19.2. The van der Waals surface area contributed by atoms with Crippen molar-refractivity contribution in [3.05, 3.63) is 115 Å². The minimum Gasteiger partial charge on any atom is -0.477 e. The molecule has 0 aliphatic rings. The fraction of sp³-hybridized carbons (Fsp3) is 0.107. The van der Waals surface area contributed by atoms with Crippen LogP contribution in [0, 0.1) is 36.5 Å². The molecule has 2 N–H and O–H groups in total. The average Bonchev–Trinajstić information content (AvgIpc) is 3.42. The molecule has 2 aromatic carbocycles. The number of nitriles is 2. The summed E-state index contributed by atoms with van der Waals surface area (Å²) in [7, 11) is 1.55. The Kier molecular flexibility index (Phi) is 8.77. The zero-order valence-corrected chi connectivity index (χ0v) is 23.3. The van der Waals surface area contributed by atoms with E-state index in [0.717, 1.165) is 9.36 Å². The smallest absolute Gasteiger partial charge is 0.341 e. The van der Waals surface area contributed by atoms with Gasteiger partial charge in [0.25, 0.3) is 17.0 Å². The minimum absolute atomic E-state index is 0.108. The number of carboxylic acids is 1. The summed E-state index contributed by atoms with van der Waals surface area (Å²) < 4.78 is 3.33. The third-order valence-corrected chi connectivity index (χ3v) is 5.83. The molecule has 0 fully saturated rings. The lowest BCUT2D eigenvalue weighted by molar-refractivity contribution is 0.0693. The van der Waals surface area contributed by atoms with Crippen molar-refractivity contribution in [2.45, 2.75) is 13.8 Å². The van der Waals surface area contributed by atoms with Crippen LogP contribution in [-0.4, -0.2) is 56.8 Å². The van der Waals surface area contributed by atoms with E-state index >= 15 is 0 Å². The fourth-order valence-corrected chi connectivity index (χ4v) is 3.82. The standard InChI is InChI=1S/C15H12N8O2.C13H9N3O3/c1-9-6-12(13(24)17-15-18-20-21-22(15)2)14(25)23(19-9)11-5-3-4-10(7-11)8-16;1-8-5-11(13(18)19)12(17)16(15-8)10-4-2-3-9(6-10)7-14/h3-7H,1-2H3,(H,17,18,21,24);2-6H,1H3,(H,18,19). The highest BCUT2D eigenvalue weighted by Gasteiger charge is 2.18. The maximum absolute atomic E-state index is 12.7. The molecular formula is C28H21N11O5. The van der Waals surface area contributed by atoms with Gasteiger partial charge in [-0.2, -0.15) is 30.1 Å². The molecule has 3 heterocycles. The number of aryl methyl sites for hydroxylation is 3. The van der Waals surface area contributed by atoms with E-state index in [-0.39, 0.29) is 17.1 Å². The van der Waals surface area contributed by atoms with E-state index in [1.165, 1.54) is 28.9 Å². The van der Waals surface area contributed by atoms with E-state index in [0.29, 0.717) is 33.9 Å². The summed E-state index contributed by atoms with van der Waals surface area (Å²) in [6.07, 6.45) is 0. The van der Waals surface area contributed by atoms with E-state index in [9.17, 15) is 19.2 Å². The molecule has 0 saturated heterocycles. The molecule has 0 aliphatic heterocycles. The molecule has 0 spiro atoms. The van der Waals surface area contributed by atoms with Gasteiger partial charge in [-0.25, -0.2) is 9.48 Å². The Labute approximate surface area is 247 Å². The molecule has 16 nitrogen and oxygen atoms in total. The van der Waals surface area contributed by atoms with Gasteiger partial charge in [0.2, 0.25) is 5.95 Å². The summed E-state index contributed by atoms with van der Waals surface area (Å²) in [5.41, 5.74) is 0.544. The van der Waals surface area contributed by atoms with Crippen molar-refractivity contribution in [3.63, 3.8) is 0 Å². The van der Waals surface area contributed by atoms with Crippen molar-refractivity contribution in [2.24, 2.45) is 7.05 Å². The topological polar surface area (TPSA) is 227 Å². The molecule has 1 amide bonds. The number of nitrogens with one attached hydrogen (secondary N) is 1. The normalized spacial score (nSPS) is 10.1. The molecule has 5 rings (SSSR count). The van der Waals surface area contributed by atoms with Crippen LogP contribution in [-0.2, 0) is 7.05 Å². The second-order valence-electron chi connectivity index (χ2n) is 9.04. The van der Waals surface area contributed by atoms with Gasteiger partial charge in [-0.1, -0.05) is 17.2 Å². The number of tetrazole rings is 1. The van der Waals surface area contributed by atoms with Crippen LogP contribution in [0.5, 0.6) is 0 Å². The van der Waals surface area contributed by atoms with Crippen molar-refractivity contribution < 1.29 is 14.7 Å². The number of anilines is 1. The Morgan fingerprint density at radius 3 is 1.77 bits per heavy atom. The lowest BCUT2D eigenvalue weighted by atomic mass is 10.2. The highest BCUT2D eigenvalue weighted by atomic mass is 16.4. The van der Waals surface area contributed by atoms with Crippen LogP contribution in [0.25, 0.3) is 11.4 Å². The number of hydrogen-bond acceptors (Lipinski definition) is 11. The lowest BCUT2D eigenvalue weighted by Gasteiger charge is -2.09. The average molecular weight is 592 g/mol. The van der Waals surface area contributed by atoms with Gasteiger partial charge in [-0.15, -0.1) is 0 Å². The molecule has 0 bridgehead atoms. The Morgan fingerprint density at radius 2 is 1.32 bits per heavy atom. The van der Waals surface area contributed by atoms with Crippen LogP contribution in [0.4, 0.5) is 5.95 Å². The van der Waals surface area contributed by atoms with Gasteiger partial charge in [0.1, 0.15) is 11.1 Å². The first kappa shape index (κ1) is 30.2. The number of rotatable bonds is 5. The molecule has 44 heavy (non-hydrogen) atoms. The number of nitrogens with zero attached hydrogens (tertiary/aromatic N) is 10. The van der Waals surface area contributed by atoms with Crippen LogP contribution in [0.2, 0.25) is 0 Å². The summed E-state index contributed by atoms with van der Waals surface area (Å²) in [6.45, 7) is 3.25. The molecule has 0 unspecified atom stereocenters. The molecule has 5 aromatic rings. The van der Waals surface area contributed by atoms with Crippen LogP contribution in [0.1, 0.15) is 43.2 Å². The van der Waals surface area contributed by atoms with Crippen molar-refractivity contribution in [1.82, 2.24) is 39.8 Å². The first-order valence-electron chi connectivity index (χ1n) is 12.5. The number of aromatic carboxylic acids is 1. The number of carbonyl (C=O) groups excluding carboxylic acids is 1. The summed E-state index contributed by atoms with van der Waals surface area (Å²) in [5.74, 6) is -1.85. The third kappa shape index (κ3) is 6.56. The second kappa shape index (κ2) is 12.8. The quantitative estimate of drug-likeness (QED) is 0.295. The second-order valence-corrected chi connectivity index (χ2v) is 9.04. The van der Waals surface area contributed by atoms with E-state index in [2.05, 4.69) is 31.0 Å². The molecule has 0 saturated carbocycles. The molecule has 16 heteroatoms. The number of hydrogen-bond donors (Lipinski definition) is 2. The Balaban J connectivity index is 0.000000209. The maximum Gasteiger partial charge on any atom is 0.341 e. The number of aromatic nitrogens is 8. The van der Waals surface area contributed by atoms with Gasteiger partial charge in [0.05, 0.1) is 46.0 Å². The molecule has 0 radical (unpaired) electrons. The Morgan fingerprint density at radius 1 is 0.818 bits per heavy atom. The SMILES string of the molecule is Cc1cc(C(=O)Nc2nnnn2C)c(=O)n(-c2cccc(C#N)c2)n1.Cc1cc(C(=O)O)c(=O)n(-c2cccc(C#N)c2)n1. The highest BCUT2D eigenvalue weighted by Crippen LogP contribution is 2.10. The molecule has 3 aromatic heterocycles. The van der Waals surface area contributed by atoms with Gasteiger partial charge in [0, 0.05) is 7.05 Å². The van der Waals surface area contributed by atoms with E-state index in [4.69, 9.17) is 15.6 Å². The van der Waals surface area contributed by atoms with Crippen molar-refractivity contribution in [3.8, 4) is 23.5 Å². The summed E-state index contributed by atoms with van der Waals surface area (Å²) in [5, 5.41) is 48.1. The lowest BCUT2D eigenvalue weighted by Crippen LogP contribution is -2.31. The fourth-order valence-electron chi connectivity index (χ4n) is 3.82. The largest absolute Gasteiger partial charge is 0.477 e. The molecule has 0 aliphatic carbocycles. The van der Waals surface area contributed by atoms with Crippen molar-refractivity contribution in [2.75, 3.05) is 5.32 Å². The number of carboxylic acid groups (broad SMARTS) is 1. The highest BCUT2D eigenvalue weighted by molar-refractivity contribution is 6.03. The third-order valence-electron chi connectivity index (χ3n) is 5.83. The van der Waals surface area contributed by atoms with Gasteiger partial charge >= 0.3 is 5.97 Å². The zero-order chi connectivity index (χ0) is 32.0. The molecule has 218 valence electrons. The summed E-state index contributed by atoms with van der Waals surface area (Å²) in [4.78, 5) is 48.1. The van der Waals surface area contributed by atoms with Gasteiger partial charge < -0.3 is 5.11 Å². The van der Waals surface area contributed by atoms with E-state index < -0.39 is 23.0 Å². The van der Waals surface area contributed by atoms with E-state index in [1.807, 2.05) is 12.1 Å². The maximum atomic E-state index is 12.7. The number of amides is 1. The monoisotopic (exact) mass is 591 g/mol. The van der Waals surface area contributed by atoms with E-state index in [1.54, 1.807) is 57.3 Å². The van der Waals surface area contributed by atoms with Gasteiger partial charge in [0.15, 0.2) is 0 Å².